The van der Waals surface area contributed by atoms with E-state index in [0.717, 1.165) is 0 Å². The first-order valence-corrected chi connectivity index (χ1v) is 5.65. The number of ether oxygens (including phenoxy) is 2. The number of hydrogen-bond acceptors (Lipinski definition) is 8. The third-order valence-electron chi connectivity index (χ3n) is 2.34. The zero-order chi connectivity index (χ0) is 15.0. The van der Waals surface area contributed by atoms with Crippen LogP contribution in [0.1, 0.15) is 6.92 Å². The Kier molecular flexibility index (Phi) is 8.76. The van der Waals surface area contributed by atoms with Crippen molar-refractivity contribution in [2.75, 3.05) is 20.3 Å². The monoisotopic (exact) mass is 283 g/mol. The van der Waals surface area contributed by atoms with Gasteiger partial charge in [0.1, 0.15) is 12.1 Å². The van der Waals surface area contributed by atoms with Gasteiger partial charge in [-0.1, -0.05) is 0 Å². The third kappa shape index (κ3) is 6.78. The normalized spacial score (nSPS) is 18.1. The second-order valence-corrected chi connectivity index (χ2v) is 3.89. The lowest BCUT2D eigenvalue weighted by Crippen LogP contribution is -2.45. The molecule has 9 nitrogen and oxygen atoms in total. The Morgan fingerprint density at radius 3 is 2.21 bits per heavy atom. The zero-order valence-corrected chi connectivity index (χ0v) is 10.8. The third-order valence-corrected chi connectivity index (χ3v) is 2.34. The molecule has 0 saturated carbocycles. The van der Waals surface area contributed by atoms with Crippen molar-refractivity contribution in [2.24, 2.45) is 0 Å². The maximum absolute atomic E-state index is 10.7. The molecule has 9 heteroatoms. The Labute approximate surface area is 110 Å². The van der Waals surface area contributed by atoms with Crippen LogP contribution in [0.15, 0.2) is 0 Å². The van der Waals surface area contributed by atoms with Crippen LogP contribution in [0, 0.1) is 0 Å². The van der Waals surface area contributed by atoms with E-state index in [2.05, 4.69) is 5.32 Å². The lowest BCUT2D eigenvalue weighted by atomic mass is 10.2. The van der Waals surface area contributed by atoms with E-state index in [0.29, 0.717) is 0 Å². The van der Waals surface area contributed by atoms with E-state index in [1.165, 1.54) is 14.0 Å². The van der Waals surface area contributed by atoms with Gasteiger partial charge in [-0.05, 0) is 14.0 Å². The summed E-state index contributed by atoms with van der Waals surface area (Å²) in [6.07, 6.45) is -5.76. The van der Waals surface area contributed by atoms with Gasteiger partial charge in [0.25, 0.3) is 0 Å². The Hall–Kier alpha value is -0.810. The minimum absolute atomic E-state index is 0.383. The highest BCUT2D eigenvalue weighted by Crippen LogP contribution is 2.08. The van der Waals surface area contributed by atoms with Crippen LogP contribution >= 0.6 is 0 Å². The Balaban J connectivity index is 4.45. The molecule has 0 heterocycles. The minimum atomic E-state index is -2.04. The summed E-state index contributed by atoms with van der Waals surface area (Å²) in [5.74, 6) is -1.18. The summed E-state index contributed by atoms with van der Waals surface area (Å²) in [7, 11) is 1.40. The fourth-order valence-corrected chi connectivity index (χ4v) is 1.15. The fraction of sp³-hybridized carbons (Fsp3) is 0.900. The maximum atomic E-state index is 10.7. The van der Waals surface area contributed by atoms with E-state index in [1.54, 1.807) is 0 Å². The van der Waals surface area contributed by atoms with Crippen LogP contribution in [-0.2, 0) is 14.3 Å². The van der Waals surface area contributed by atoms with Gasteiger partial charge in [0.2, 0.25) is 12.6 Å². The van der Waals surface area contributed by atoms with Crippen molar-refractivity contribution in [3.05, 3.63) is 0 Å². The van der Waals surface area contributed by atoms with Gasteiger partial charge >= 0.3 is 5.97 Å². The Bertz CT molecular complexity index is 260. The molecule has 0 spiro atoms. The Morgan fingerprint density at radius 2 is 1.89 bits per heavy atom. The molecule has 0 bridgehead atoms. The summed E-state index contributed by atoms with van der Waals surface area (Å²) in [4.78, 5) is 10.7. The first kappa shape index (κ1) is 18.2. The van der Waals surface area contributed by atoms with E-state index in [9.17, 15) is 9.90 Å². The lowest BCUT2D eigenvalue weighted by Gasteiger charge is -2.27. The van der Waals surface area contributed by atoms with Crippen molar-refractivity contribution in [1.29, 1.82) is 0 Å². The molecule has 0 aromatic heterocycles. The summed E-state index contributed by atoms with van der Waals surface area (Å²) < 4.78 is 9.87. The van der Waals surface area contributed by atoms with Crippen LogP contribution in [0.2, 0.25) is 0 Å². The molecule has 0 radical (unpaired) electrons. The highest BCUT2D eigenvalue weighted by atomic mass is 16.7. The zero-order valence-electron chi connectivity index (χ0n) is 10.8. The minimum Gasteiger partial charge on any atom is -0.480 e. The van der Waals surface area contributed by atoms with Crippen molar-refractivity contribution < 1.29 is 39.8 Å². The summed E-state index contributed by atoms with van der Waals surface area (Å²) in [6, 6.07) is -1.05. The van der Waals surface area contributed by atoms with E-state index < -0.39 is 43.4 Å². The molecule has 4 atom stereocenters. The van der Waals surface area contributed by atoms with Crippen molar-refractivity contribution in [1.82, 2.24) is 5.32 Å². The van der Waals surface area contributed by atoms with Gasteiger partial charge in [0, 0.05) is 0 Å². The molecule has 0 aromatic rings. The topological polar surface area (TPSA) is 149 Å². The fourth-order valence-electron chi connectivity index (χ4n) is 1.15. The first-order valence-electron chi connectivity index (χ1n) is 5.65. The second kappa shape index (κ2) is 9.15. The summed E-state index contributed by atoms with van der Waals surface area (Å²) in [6.45, 7) is 0.403. The van der Waals surface area contributed by atoms with Gasteiger partial charge in [-0.15, -0.1) is 0 Å². The van der Waals surface area contributed by atoms with Crippen LogP contribution in [0.3, 0.4) is 0 Å². The van der Waals surface area contributed by atoms with E-state index in [-0.39, 0.29) is 6.61 Å². The number of nitrogens with one attached hydrogen (secondary N) is 1. The van der Waals surface area contributed by atoms with Gasteiger partial charge in [-0.3, -0.25) is 4.79 Å². The molecule has 0 aromatic carbocycles. The molecule has 0 amide bonds. The Morgan fingerprint density at radius 1 is 1.32 bits per heavy atom. The molecule has 0 aliphatic rings. The van der Waals surface area contributed by atoms with Gasteiger partial charge in [0.15, 0.2) is 0 Å². The van der Waals surface area contributed by atoms with Crippen molar-refractivity contribution in [3.63, 3.8) is 0 Å². The number of aliphatic hydroxyl groups excluding tert-OH is 3. The summed E-state index contributed by atoms with van der Waals surface area (Å²) in [5, 5.41) is 47.4. The van der Waals surface area contributed by atoms with Crippen LogP contribution in [0.5, 0.6) is 0 Å². The molecule has 4 unspecified atom stereocenters. The number of hydrogen-bond donors (Lipinski definition) is 6. The number of aliphatic hydroxyl groups is 4. The highest BCUT2D eigenvalue weighted by Gasteiger charge is 2.27. The smallest absolute Gasteiger partial charge is 0.323 e. The average Bonchev–Trinajstić information content (AvgIpc) is 2.32. The number of likely N-dealkylation sites (N-methyl/N-ethyl adjacent to an activating group) is 1. The van der Waals surface area contributed by atoms with E-state index >= 15 is 0 Å². The molecule has 0 rings (SSSR count). The number of carbonyl (C=O) groups is 1. The first-order chi connectivity index (χ1) is 8.83. The van der Waals surface area contributed by atoms with Gasteiger partial charge in [-0.2, -0.15) is 0 Å². The highest BCUT2D eigenvalue weighted by molar-refractivity contribution is 5.73. The van der Waals surface area contributed by atoms with Crippen molar-refractivity contribution in [3.8, 4) is 0 Å². The molecule has 0 fully saturated rings. The van der Waals surface area contributed by atoms with Crippen molar-refractivity contribution in [2.45, 2.75) is 37.8 Å². The molecule has 6 N–H and O–H groups in total. The SMILES string of the molecule is CNC(COC(OC(CO)C(C)O)C(O)O)C(=O)O. The predicted octanol–water partition coefficient (Wildman–Crippen LogP) is -2.93. The van der Waals surface area contributed by atoms with Gasteiger partial charge < -0.3 is 40.3 Å². The molecule has 114 valence electrons. The van der Waals surface area contributed by atoms with E-state index in [4.69, 9.17) is 29.9 Å². The maximum Gasteiger partial charge on any atom is 0.323 e. The van der Waals surface area contributed by atoms with Crippen LogP contribution in [-0.4, -0.2) is 82.6 Å². The van der Waals surface area contributed by atoms with E-state index in [1.807, 2.05) is 0 Å². The quantitative estimate of drug-likeness (QED) is 0.232. The molecule has 0 aliphatic heterocycles. The van der Waals surface area contributed by atoms with Crippen LogP contribution < -0.4 is 5.32 Å². The second-order valence-electron chi connectivity index (χ2n) is 3.89. The molecular formula is C10H21NO8. The average molecular weight is 283 g/mol. The number of carboxylic acids is 1. The van der Waals surface area contributed by atoms with Crippen LogP contribution in [0.25, 0.3) is 0 Å². The molecular weight excluding hydrogens is 262 g/mol. The largest absolute Gasteiger partial charge is 0.480 e. The molecule has 19 heavy (non-hydrogen) atoms. The van der Waals surface area contributed by atoms with Gasteiger partial charge in [-0.25, -0.2) is 0 Å². The number of rotatable bonds is 10. The van der Waals surface area contributed by atoms with Crippen molar-refractivity contribution >= 4 is 5.97 Å². The standard InChI is InChI=1S/C10H21NO8/c1-5(13)7(3-12)19-10(9(16)17)18-4-6(11-2)8(14)15/h5-7,9-13,16-17H,3-4H2,1-2H3,(H,14,15). The summed E-state index contributed by atoms with van der Waals surface area (Å²) >= 11 is 0. The summed E-state index contributed by atoms with van der Waals surface area (Å²) in [5.41, 5.74) is 0. The van der Waals surface area contributed by atoms with Crippen LogP contribution in [0.4, 0.5) is 0 Å². The van der Waals surface area contributed by atoms with Gasteiger partial charge in [0.05, 0.1) is 19.3 Å². The molecule has 0 aliphatic carbocycles. The predicted molar refractivity (Wildman–Crippen MR) is 62.1 cm³/mol. The number of aliphatic carboxylic acids is 1. The lowest BCUT2D eigenvalue weighted by molar-refractivity contribution is -0.281. The number of carboxylic acid groups (broad SMARTS) is 1. The molecule has 0 saturated heterocycles.